The van der Waals surface area contributed by atoms with Crippen LogP contribution in [-0.2, 0) is 4.74 Å². The Labute approximate surface area is 80.4 Å². The predicted octanol–water partition coefficient (Wildman–Crippen LogP) is 1.75. The molecule has 0 aliphatic heterocycles. The fraction of sp³-hybridized carbons (Fsp3) is 1.00. The smallest absolute Gasteiger partial charge is 0.0470 e. The van der Waals surface area contributed by atoms with Crippen molar-refractivity contribution in [3.8, 4) is 0 Å². The maximum atomic E-state index is 4.97. The van der Waals surface area contributed by atoms with E-state index in [-0.39, 0.29) is 0 Å². The molecule has 0 saturated carbocycles. The first kappa shape index (κ1) is 12.3. The third-order valence-corrected chi connectivity index (χ3v) is 2.87. The first-order valence-electron chi connectivity index (χ1n) is 4.61. The molecule has 0 saturated heterocycles. The predicted molar refractivity (Wildman–Crippen MR) is 57.0 cm³/mol. The van der Waals surface area contributed by atoms with Gasteiger partial charge in [-0.1, -0.05) is 6.92 Å². The van der Waals surface area contributed by atoms with Crippen molar-refractivity contribution in [2.24, 2.45) is 0 Å². The van der Waals surface area contributed by atoms with Crippen LogP contribution in [0.1, 0.15) is 20.3 Å². The molecule has 12 heavy (non-hydrogen) atoms. The van der Waals surface area contributed by atoms with Crippen molar-refractivity contribution < 1.29 is 4.74 Å². The number of ether oxygens (including phenoxy) is 1. The standard InChI is InChI=1S/C9H21NOS/c1-4-10-9(2)8-12-7-5-6-11-3/h9-10H,4-8H2,1-3H3. The summed E-state index contributed by atoms with van der Waals surface area (Å²) in [6.07, 6.45) is 1.17. The zero-order valence-electron chi connectivity index (χ0n) is 8.43. The number of thioether (sulfide) groups is 1. The molecule has 0 fully saturated rings. The normalized spacial score (nSPS) is 13.2. The highest BCUT2D eigenvalue weighted by Gasteiger charge is 1.98. The molecule has 0 heterocycles. The van der Waals surface area contributed by atoms with E-state index in [1.165, 1.54) is 17.9 Å². The van der Waals surface area contributed by atoms with Gasteiger partial charge in [0.25, 0.3) is 0 Å². The van der Waals surface area contributed by atoms with Crippen LogP contribution in [0.15, 0.2) is 0 Å². The maximum absolute atomic E-state index is 4.97. The monoisotopic (exact) mass is 191 g/mol. The number of rotatable bonds is 8. The van der Waals surface area contributed by atoms with Crippen LogP contribution in [0.3, 0.4) is 0 Å². The Bertz CT molecular complexity index is 90.6. The lowest BCUT2D eigenvalue weighted by Gasteiger charge is -2.10. The lowest BCUT2D eigenvalue weighted by Crippen LogP contribution is -2.27. The third-order valence-electron chi connectivity index (χ3n) is 1.56. The van der Waals surface area contributed by atoms with Crippen molar-refractivity contribution in [3.05, 3.63) is 0 Å². The Morgan fingerprint density at radius 3 is 2.83 bits per heavy atom. The summed E-state index contributed by atoms with van der Waals surface area (Å²) in [6.45, 7) is 6.33. The van der Waals surface area contributed by atoms with E-state index in [4.69, 9.17) is 4.74 Å². The second kappa shape index (κ2) is 9.36. The number of hydrogen-bond donors (Lipinski definition) is 1. The van der Waals surface area contributed by atoms with Gasteiger partial charge in [-0.25, -0.2) is 0 Å². The van der Waals surface area contributed by atoms with Crippen molar-refractivity contribution in [3.63, 3.8) is 0 Å². The Hall–Kier alpha value is 0.270. The summed E-state index contributed by atoms with van der Waals surface area (Å²) in [6, 6.07) is 0.641. The molecule has 0 aliphatic carbocycles. The second-order valence-electron chi connectivity index (χ2n) is 2.88. The summed E-state index contributed by atoms with van der Waals surface area (Å²) in [4.78, 5) is 0. The van der Waals surface area contributed by atoms with Crippen molar-refractivity contribution in [2.45, 2.75) is 26.3 Å². The molecular formula is C9H21NOS. The van der Waals surface area contributed by atoms with Crippen LogP contribution >= 0.6 is 11.8 Å². The molecule has 3 heteroatoms. The maximum Gasteiger partial charge on any atom is 0.0470 e. The van der Waals surface area contributed by atoms with Gasteiger partial charge >= 0.3 is 0 Å². The highest BCUT2D eigenvalue weighted by Crippen LogP contribution is 2.04. The molecule has 1 N–H and O–H groups in total. The van der Waals surface area contributed by atoms with Gasteiger partial charge in [0.2, 0.25) is 0 Å². The van der Waals surface area contributed by atoms with Crippen LogP contribution in [0.25, 0.3) is 0 Å². The van der Waals surface area contributed by atoms with Crippen LogP contribution in [0.4, 0.5) is 0 Å². The average Bonchev–Trinajstić information content (AvgIpc) is 2.05. The Morgan fingerprint density at radius 2 is 2.25 bits per heavy atom. The minimum absolute atomic E-state index is 0.641. The van der Waals surface area contributed by atoms with Gasteiger partial charge in [-0.2, -0.15) is 11.8 Å². The molecule has 0 aromatic carbocycles. The lowest BCUT2D eigenvalue weighted by atomic mass is 10.4. The summed E-state index contributed by atoms with van der Waals surface area (Å²) in [5, 5.41) is 3.38. The minimum atomic E-state index is 0.641. The van der Waals surface area contributed by atoms with Gasteiger partial charge in [0.1, 0.15) is 0 Å². The van der Waals surface area contributed by atoms with Gasteiger partial charge in [-0.3, -0.25) is 0 Å². The highest BCUT2D eigenvalue weighted by molar-refractivity contribution is 7.99. The van der Waals surface area contributed by atoms with Crippen LogP contribution < -0.4 is 5.32 Å². The molecular weight excluding hydrogens is 170 g/mol. The van der Waals surface area contributed by atoms with Crippen LogP contribution in [-0.4, -0.2) is 37.8 Å². The van der Waals surface area contributed by atoms with Gasteiger partial charge in [0.05, 0.1) is 0 Å². The first-order chi connectivity index (χ1) is 5.81. The van der Waals surface area contributed by atoms with E-state index in [1.54, 1.807) is 7.11 Å². The third kappa shape index (κ3) is 8.37. The molecule has 0 spiro atoms. The number of methoxy groups -OCH3 is 1. The lowest BCUT2D eigenvalue weighted by molar-refractivity contribution is 0.200. The van der Waals surface area contributed by atoms with Gasteiger partial charge < -0.3 is 10.1 Å². The molecule has 1 unspecified atom stereocenters. The summed E-state index contributed by atoms with van der Waals surface area (Å²) in [5.41, 5.74) is 0. The van der Waals surface area contributed by atoms with Crippen molar-refractivity contribution in [1.82, 2.24) is 5.32 Å². The van der Waals surface area contributed by atoms with Gasteiger partial charge in [-0.05, 0) is 25.6 Å². The topological polar surface area (TPSA) is 21.3 Å². The average molecular weight is 191 g/mol. The quantitative estimate of drug-likeness (QED) is 0.591. The van der Waals surface area contributed by atoms with Crippen LogP contribution in [0, 0.1) is 0 Å². The summed E-state index contributed by atoms with van der Waals surface area (Å²) < 4.78 is 4.97. The van der Waals surface area contributed by atoms with Gasteiger partial charge in [-0.15, -0.1) is 0 Å². The van der Waals surface area contributed by atoms with E-state index < -0.39 is 0 Å². The van der Waals surface area contributed by atoms with E-state index in [9.17, 15) is 0 Å². The van der Waals surface area contributed by atoms with E-state index >= 15 is 0 Å². The highest BCUT2D eigenvalue weighted by atomic mass is 32.2. The molecule has 0 radical (unpaired) electrons. The summed E-state index contributed by atoms with van der Waals surface area (Å²) >= 11 is 2.00. The zero-order valence-corrected chi connectivity index (χ0v) is 9.25. The molecule has 0 amide bonds. The molecule has 1 atom stereocenters. The minimum Gasteiger partial charge on any atom is -0.385 e. The van der Waals surface area contributed by atoms with Gasteiger partial charge in [0, 0.05) is 25.5 Å². The molecule has 2 nitrogen and oxygen atoms in total. The van der Waals surface area contributed by atoms with Crippen molar-refractivity contribution in [1.29, 1.82) is 0 Å². The van der Waals surface area contributed by atoms with E-state index in [0.29, 0.717) is 6.04 Å². The second-order valence-corrected chi connectivity index (χ2v) is 4.03. The molecule has 0 bridgehead atoms. The fourth-order valence-corrected chi connectivity index (χ4v) is 1.93. The van der Waals surface area contributed by atoms with Gasteiger partial charge in [0.15, 0.2) is 0 Å². The fourth-order valence-electron chi connectivity index (χ4n) is 0.973. The Balaban J connectivity index is 2.97. The van der Waals surface area contributed by atoms with Crippen molar-refractivity contribution in [2.75, 3.05) is 31.8 Å². The van der Waals surface area contributed by atoms with Crippen LogP contribution in [0.5, 0.6) is 0 Å². The molecule has 0 aromatic rings. The molecule has 74 valence electrons. The van der Waals surface area contributed by atoms with E-state index in [1.807, 2.05) is 11.8 Å². The first-order valence-corrected chi connectivity index (χ1v) is 5.76. The zero-order chi connectivity index (χ0) is 9.23. The van der Waals surface area contributed by atoms with E-state index in [2.05, 4.69) is 19.2 Å². The van der Waals surface area contributed by atoms with Crippen molar-refractivity contribution >= 4 is 11.8 Å². The van der Waals surface area contributed by atoms with E-state index in [0.717, 1.165) is 13.2 Å². The molecule has 0 aromatic heterocycles. The number of nitrogens with one attached hydrogen (secondary N) is 1. The SMILES string of the molecule is CCNC(C)CSCCCOC. The summed E-state index contributed by atoms with van der Waals surface area (Å²) in [7, 11) is 1.76. The molecule has 0 aliphatic rings. The molecule has 0 rings (SSSR count). The number of hydrogen-bond acceptors (Lipinski definition) is 3. The Kier molecular flexibility index (Phi) is 9.57. The summed E-state index contributed by atoms with van der Waals surface area (Å²) in [5.74, 6) is 2.42. The largest absolute Gasteiger partial charge is 0.385 e. The van der Waals surface area contributed by atoms with Crippen LogP contribution in [0.2, 0.25) is 0 Å². The Morgan fingerprint density at radius 1 is 1.50 bits per heavy atom.